The van der Waals surface area contributed by atoms with Crippen LogP contribution in [-0.4, -0.2) is 34.6 Å². The van der Waals surface area contributed by atoms with Crippen molar-refractivity contribution < 1.29 is 25.8 Å². The van der Waals surface area contributed by atoms with E-state index in [4.69, 9.17) is 0 Å². The number of hydrogen-bond acceptors (Lipinski definition) is 6. The number of aromatic amines is 1. The molecule has 0 radical (unpaired) electrons. The molecule has 1 aromatic carbocycles. The summed E-state index contributed by atoms with van der Waals surface area (Å²) in [6, 6.07) is 5.08. The first-order valence-corrected chi connectivity index (χ1v) is 6.95. The third kappa shape index (κ3) is 3.29. The number of alkyl halides is 3. The molecule has 0 fully saturated rings. The van der Waals surface area contributed by atoms with Crippen molar-refractivity contribution in [2.45, 2.75) is 18.3 Å². The molecule has 0 amide bonds. The monoisotopic (exact) mass is 322 g/mol. The van der Waals surface area contributed by atoms with E-state index in [0.717, 1.165) is 12.1 Å². The molecule has 0 saturated heterocycles. The van der Waals surface area contributed by atoms with E-state index in [1.807, 2.05) is 0 Å². The van der Waals surface area contributed by atoms with Crippen LogP contribution in [0.2, 0.25) is 0 Å². The van der Waals surface area contributed by atoms with Crippen LogP contribution in [0, 0.1) is 0 Å². The van der Waals surface area contributed by atoms with E-state index >= 15 is 0 Å². The highest BCUT2D eigenvalue weighted by Gasteiger charge is 2.48. The van der Waals surface area contributed by atoms with Gasteiger partial charge in [0.2, 0.25) is 0 Å². The van der Waals surface area contributed by atoms with Crippen molar-refractivity contribution in [3.05, 3.63) is 35.7 Å². The van der Waals surface area contributed by atoms with Gasteiger partial charge in [-0.15, -0.1) is 10.2 Å². The molecule has 0 aliphatic heterocycles. The van der Waals surface area contributed by atoms with Gasteiger partial charge >= 0.3 is 15.6 Å². The SMILES string of the molecule is C[C@H](c1ccc(OS(=O)(=O)C(F)(F)F)cc1)c1nn[nH]n1. The summed E-state index contributed by atoms with van der Waals surface area (Å²) in [7, 11) is -5.67. The summed E-state index contributed by atoms with van der Waals surface area (Å²) in [5, 5.41) is 13.2. The number of aromatic nitrogens is 4. The van der Waals surface area contributed by atoms with E-state index in [9.17, 15) is 21.6 Å². The van der Waals surface area contributed by atoms with Crippen LogP contribution in [-0.2, 0) is 10.1 Å². The van der Waals surface area contributed by atoms with Gasteiger partial charge in [-0.2, -0.15) is 26.8 Å². The third-order valence-electron chi connectivity index (χ3n) is 2.62. The molecular formula is C10H9F3N4O3S. The maximum Gasteiger partial charge on any atom is 0.534 e. The minimum Gasteiger partial charge on any atom is -0.376 e. The van der Waals surface area contributed by atoms with Crippen molar-refractivity contribution in [3.63, 3.8) is 0 Å². The molecule has 0 saturated carbocycles. The van der Waals surface area contributed by atoms with Crippen molar-refractivity contribution in [1.29, 1.82) is 0 Å². The lowest BCUT2D eigenvalue weighted by Crippen LogP contribution is -2.28. The second-order valence-corrected chi connectivity index (χ2v) is 5.58. The van der Waals surface area contributed by atoms with E-state index in [1.165, 1.54) is 12.1 Å². The highest BCUT2D eigenvalue weighted by atomic mass is 32.2. The fourth-order valence-electron chi connectivity index (χ4n) is 1.49. The van der Waals surface area contributed by atoms with E-state index in [2.05, 4.69) is 24.8 Å². The summed E-state index contributed by atoms with van der Waals surface area (Å²) in [6.45, 7) is 1.76. The van der Waals surface area contributed by atoms with Gasteiger partial charge in [0.1, 0.15) is 5.75 Å². The Bertz CT molecular complexity index is 698. The van der Waals surface area contributed by atoms with Crippen LogP contribution in [0.4, 0.5) is 13.2 Å². The molecule has 0 aliphatic rings. The fraction of sp³-hybridized carbons (Fsp3) is 0.300. The Balaban J connectivity index is 2.17. The summed E-state index contributed by atoms with van der Waals surface area (Å²) >= 11 is 0. The fourth-order valence-corrected chi connectivity index (χ4v) is 1.95. The van der Waals surface area contributed by atoms with Gasteiger partial charge in [0, 0.05) is 5.92 Å². The first-order valence-electron chi connectivity index (χ1n) is 5.55. The van der Waals surface area contributed by atoms with Gasteiger partial charge in [0.15, 0.2) is 5.82 Å². The maximum absolute atomic E-state index is 12.2. The molecule has 7 nitrogen and oxygen atoms in total. The lowest BCUT2D eigenvalue weighted by atomic mass is 10.0. The average molecular weight is 322 g/mol. The van der Waals surface area contributed by atoms with Gasteiger partial charge in [0.25, 0.3) is 0 Å². The molecule has 0 bridgehead atoms. The van der Waals surface area contributed by atoms with Gasteiger partial charge in [-0.3, -0.25) is 0 Å². The van der Waals surface area contributed by atoms with E-state index in [1.54, 1.807) is 6.92 Å². The van der Waals surface area contributed by atoms with Crippen LogP contribution < -0.4 is 4.18 Å². The molecule has 0 unspecified atom stereocenters. The van der Waals surface area contributed by atoms with Crippen molar-refractivity contribution in [1.82, 2.24) is 20.6 Å². The Kier molecular flexibility index (Phi) is 3.85. The summed E-state index contributed by atoms with van der Waals surface area (Å²) in [5.41, 5.74) is -4.81. The largest absolute Gasteiger partial charge is 0.534 e. The maximum atomic E-state index is 12.2. The molecule has 11 heteroatoms. The van der Waals surface area contributed by atoms with Gasteiger partial charge in [-0.25, -0.2) is 0 Å². The smallest absolute Gasteiger partial charge is 0.376 e. The molecule has 1 aromatic heterocycles. The number of benzene rings is 1. The number of tetrazole rings is 1. The zero-order valence-corrected chi connectivity index (χ0v) is 11.3. The van der Waals surface area contributed by atoms with Crippen LogP contribution in [0.25, 0.3) is 0 Å². The second-order valence-electron chi connectivity index (χ2n) is 4.04. The number of rotatable bonds is 4. The molecule has 21 heavy (non-hydrogen) atoms. The van der Waals surface area contributed by atoms with Gasteiger partial charge in [0.05, 0.1) is 0 Å². The minimum atomic E-state index is -5.67. The van der Waals surface area contributed by atoms with E-state index in [-0.39, 0.29) is 5.92 Å². The first-order chi connectivity index (χ1) is 9.71. The molecule has 0 aliphatic carbocycles. The zero-order chi connectivity index (χ0) is 15.7. The predicted molar refractivity (Wildman–Crippen MR) is 63.7 cm³/mol. The highest BCUT2D eigenvalue weighted by Crippen LogP contribution is 2.28. The van der Waals surface area contributed by atoms with Crippen LogP contribution in [0.3, 0.4) is 0 Å². The number of halogens is 3. The van der Waals surface area contributed by atoms with E-state index < -0.39 is 21.4 Å². The number of nitrogens with zero attached hydrogens (tertiary/aromatic N) is 3. The minimum absolute atomic E-state index is 0.267. The normalized spacial score (nSPS) is 13.9. The predicted octanol–water partition coefficient (Wildman–Crippen LogP) is 1.58. The summed E-state index contributed by atoms with van der Waals surface area (Å²) in [5.74, 6) is -0.306. The number of H-pyrrole nitrogens is 1. The van der Waals surface area contributed by atoms with Crippen LogP contribution in [0.15, 0.2) is 24.3 Å². The van der Waals surface area contributed by atoms with Crippen molar-refractivity contribution in [2.75, 3.05) is 0 Å². The molecule has 1 heterocycles. The molecule has 2 aromatic rings. The summed E-state index contributed by atoms with van der Waals surface area (Å²) in [6.07, 6.45) is 0. The molecule has 1 atom stereocenters. The summed E-state index contributed by atoms with van der Waals surface area (Å²) < 4.78 is 62.2. The lowest BCUT2D eigenvalue weighted by molar-refractivity contribution is -0.0500. The topological polar surface area (TPSA) is 97.8 Å². The van der Waals surface area contributed by atoms with Crippen molar-refractivity contribution >= 4 is 10.1 Å². The molecule has 0 spiro atoms. The standard InChI is InChI=1S/C10H9F3N4O3S/c1-6(9-14-16-17-15-9)7-2-4-8(5-3-7)20-21(18,19)10(11,12)13/h2-6H,1H3,(H,14,15,16,17)/t6-/m1/s1. The van der Waals surface area contributed by atoms with E-state index in [0.29, 0.717) is 11.4 Å². The Morgan fingerprint density at radius 2 is 1.86 bits per heavy atom. The Morgan fingerprint density at radius 1 is 1.24 bits per heavy atom. The van der Waals surface area contributed by atoms with Crippen molar-refractivity contribution in [2.24, 2.45) is 0 Å². The van der Waals surface area contributed by atoms with Crippen molar-refractivity contribution in [3.8, 4) is 5.75 Å². The molecule has 2 rings (SSSR count). The van der Waals surface area contributed by atoms with Crippen LogP contribution in [0.5, 0.6) is 5.75 Å². The average Bonchev–Trinajstić information content (AvgIpc) is 2.91. The Morgan fingerprint density at radius 3 is 2.33 bits per heavy atom. The number of nitrogens with one attached hydrogen (secondary N) is 1. The lowest BCUT2D eigenvalue weighted by Gasteiger charge is -2.11. The first kappa shape index (κ1) is 15.2. The van der Waals surface area contributed by atoms with Crippen LogP contribution >= 0.6 is 0 Å². The van der Waals surface area contributed by atoms with Gasteiger partial charge < -0.3 is 4.18 Å². The van der Waals surface area contributed by atoms with Gasteiger partial charge in [-0.1, -0.05) is 24.3 Å². The third-order valence-corrected chi connectivity index (χ3v) is 3.60. The molecule has 1 N–H and O–H groups in total. The van der Waals surface area contributed by atoms with Crippen LogP contribution in [0.1, 0.15) is 24.2 Å². The quantitative estimate of drug-likeness (QED) is 0.678. The highest BCUT2D eigenvalue weighted by molar-refractivity contribution is 7.87. The second kappa shape index (κ2) is 5.31. The summed E-state index contributed by atoms with van der Waals surface area (Å²) in [4.78, 5) is 0. The van der Waals surface area contributed by atoms with Gasteiger partial charge in [-0.05, 0) is 17.7 Å². The zero-order valence-electron chi connectivity index (χ0n) is 10.5. The number of hydrogen-bond donors (Lipinski definition) is 1. The molecular weight excluding hydrogens is 313 g/mol. The Hall–Kier alpha value is -2.17. The molecule has 114 valence electrons. The Labute approximate surface area is 117 Å².